The molecule has 2 N–H and O–H groups in total. The van der Waals surface area contributed by atoms with Crippen molar-refractivity contribution in [3.8, 4) is 0 Å². The summed E-state index contributed by atoms with van der Waals surface area (Å²) in [6.07, 6.45) is 0.786. The van der Waals surface area contributed by atoms with Crippen molar-refractivity contribution in [3.05, 3.63) is 28.2 Å². The van der Waals surface area contributed by atoms with Crippen molar-refractivity contribution in [2.24, 2.45) is 5.73 Å². The third kappa shape index (κ3) is 3.28. The van der Waals surface area contributed by atoms with Crippen molar-refractivity contribution in [2.75, 3.05) is 13.6 Å². The Hall–Kier alpha value is -0.430. The van der Waals surface area contributed by atoms with Gasteiger partial charge in [0.1, 0.15) is 0 Å². The van der Waals surface area contributed by atoms with Crippen LogP contribution in [0, 0.1) is 0 Å². The van der Waals surface area contributed by atoms with Gasteiger partial charge in [-0.25, -0.2) is 12.7 Å². The Morgan fingerprint density at radius 2 is 2.06 bits per heavy atom. The van der Waals surface area contributed by atoms with Gasteiger partial charge in [0.05, 0.1) is 4.90 Å². The maximum atomic E-state index is 12.2. The molecule has 4 nitrogen and oxygen atoms in total. The Kier molecular flexibility index (Phi) is 5.12. The molecule has 1 rings (SSSR count). The molecular weight excluding hydrogens is 304 g/mol. The summed E-state index contributed by atoms with van der Waals surface area (Å²) in [5.41, 5.74) is 6.40. The van der Waals surface area contributed by atoms with Crippen molar-refractivity contribution in [2.45, 2.75) is 24.8 Å². The molecule has 0 heterocycles. The summed E-state index contributed by atoms with van der Waals surface area (Å²) in [5.74, 6) is 0. The number of nitrogens with two attached hydrogens (primary N) is 1. The third-order valence-corrected chi connectivity index (χ3v) is 5.29. The number of nitrogens with zero attached hydrogens (tertiary/aromatic N) is 1. The summed E-state index contributed by atoms with van der Waals surface area (Å²) >= 11 is 3.28. The molecule has 0 saturated heterocycles. The SMILES string of the molecule is CCCN(C)S(=O)(=O)c1ccc(CN)cc1Br. The van der Waals surface area contributed by atoms with Gasteiger partial charge >= 0.3 is 0 Å². The Balaban J connectivity index is 3.16. The first kappa shape index (κ1) is 14.6. The third-order valence-electron chi connectivity index (χ3n) is 2.46. The van der Waals surface area contributed by atoms with Gasteiger partial charge in [-0.05, 0) is 40.0 Å². The monoisotopic (exact) mass is 320 g/mol. The van der Waals surface area contributed by atoms with Gasteiger partial charge in [-0.1, -0.05) is 13.0 Å². The van der Waals surface area contributed by atoms with Crippen molar-refractivity contribution in [1.82, 2.24) is 4.31 Å². The molecule has 1 aromatic rings. The molecule has 0 unspecified atom stereocenters. The van der Waals surface area contributed by atoms with Gasteiger partial charge in [0.2, 0.25) is 10.0 Å². The Bertz CT molecular complexity index is 488. The maximum Gasteiger partial charge on any atom is 0.243 e. The first-order valence-corrected chi connectivity index (χ1v) is 7.61. The number of sulfonamides is 1. The number of hydrogen-bond acceptors (Lipinski definition) is 3. The van der Waals surface area contributed by atoms with E-state index in [1.807, 2.05) is 6.92 Å². The molecule has 0 aromatic heterocycles. The molecule has 0 bridgehead atoms. The Labute approximate surface area is 111 Å². The van der Waals surface area contributed by atoms with Crippen LogP contribution in [-0.4, -0.2) is 26.3 Å². The van der Waals surface area contributed by atoms with E-state index in [-0.39, 0.29) is 4.90 Å². The quantitative estimate of drug-likeness (QED) is 0.901. The van der Waals surface area contributed by atoms with Crippen LogP contribution in [0.5, 0.6) is 0 Å². The second-order valence-corrected chi connectivity index (χ2v) is 6.66. The Morgan fingerprint density at radius 3 is 2.53 bits per heavy atom. The number of hydrogen-bond donors (Lipinski definition) is 1. The molecule has 0 spiro atoms. The topological polar surface area (TPSA) is 63.4 Å². The zero-order valence-corrected chi connectivity index (χ0v) is 12.4. The van der Waals surface area contributed by atoms with Gasteiger partial charge in [0, 0.05) is 24.6 Å². The largest absolute Gasteiger partial charge is 0.326 e. The van der Waals surface area contributed by atoms with Crippen LogP contribution < -0.4 is 5.73 Å². The van der Waals surface area contributed by atoms with Crippen LogP contribution in [0.25, 0.3) is 0 Å². The Morgan fingerprint density at radius 1 is 1.41 bits per heavy atom. The highest BCUT2D eigenvalue weighted by atomic mass is 79.9. The fourth-order valence-corrected chi connectivity index (χ4v) is 3.83. The van der Waals surface area contributed by atoms with Crippen LogP contribution in [0.2, 0.25) is 0 Å². The van der Waals surface area contributed by atoms with E-state index < -0.39 is 10.0 Å². The summed E-state index contributed by atoms with van der Waals surface area (Å²) in [4.78, 5) is 0.283. The van der Waals surface area contributed by atoms with Gasteiger partial charge in [0.25, 0.3) is 0 Å². The molecular formula is C11H17BrN2O2S. The molecule has 0 aliphatic rings. The number of benzene rings is 1. The lowest BCUT2D eigenvalue weighted by Gasteiger charge is -2.17. The van der Waals surface area contributed by atoms with Gasteiger partial charge in [-0.15, -0.1) is 0 Å². The van der Waals surface area contributed by atoms with Crippen molar-refractivity contribution >= 4 is 26.0 Å². The second-order valence-electron chi connectivity index (χ2n) is 3.80. The summed E-state index contributed by atoms with van der Waals surface area (Å²) in [5, 5.41) is 0. The molecule has 6 heteroatoms. The average Bonchev–Trinajstić information content (AvgIpc) is 2.28. The molecule has 0 fully saturated rings. The molecule has 0 saturated carbocycles. The van der Waals surface area contributed by atoms with Crippen LogP contribution in [-0.2, 0) is 16.6 Å². The van der Waals surface area contributed by atoms with Gasteiger partial charge in [-0.3, -0.25) is 0 Å². The lowest BCUT2D eigenvalue weighted by molar-refractivity contribution is 0.468. The average molecular weight is 321 g/mol. The maximum absolute atomic E-state index is 12.2. The first-order valence-electron chi connectivity index (χ1n) is 5.38. The summed E-state index contributed by atoms with van der Waals surface area (Å²) in [7, 11) is -1.83. The second kappa shape index (κ2) is 5.95. The standard InChI is InChI=1S/C11H17BrN2O2S/c1-3-6-14(2)17(15,16)11-5-4-9(8-13)7-10(11)12/h4-5,7H,3,6,8,13H2,1-2H3. The molecule has 0 aliphatic carbocycles. The van der Waals surface area contributed by atoms with Crippen LogP contribution in [0.4, 0.5) is 0 Å². The molecule has 0 atom stereocenters. The zero-order chi connectivity index (χ0) is 13.1. The van der Waals surface area contributed by atoms with Crippen molar-refractivity contribution in [3.63, 3.8) is 0 Å². The van der Waals surface area contributed by atoms with Gasteiger partial charge in [-0.2, -0.15) is 0 Å². The van der Waals surface area contributed by atoms with E-state index in [1.165, 1.54) is 4.31 Å². The highest BCUT2D eigenvalue weighted by Crippen LogP contribution is 2.25. The van der Waals surface area contributed by atoms with E-state index in [4.69, 9.17) is 5.73 Å². The minimum Gasteiger partial charge on any atom is -0.326 e. The molecule has 0 amide bonds. The van der Waals surface area contributed by atoms with E-state index in [0.29, 0.717) is 17.6 Å². The lowest BCUT2D eigenvalue weighted by atomic mass is 10.2. The zero-order valence-electron chi connectivity index (χ0n) is 9.98. The van der Waals surface area contributed by atoms with E-state index in [0.717, 1.165) is 12.0 Å². The fraction of sp³-hybridized carbons (Fsp3) is 0.455. The number of halogens is 1. The van der Waals surface area contributed by atoms with E-state index in [9.17, 15) is 8.42 Å². The predicted molar refractivity (Wildman–Crippen MR) is 72.1 cm³/mol. The molecule has 17 heavy (non-hydrogen) atoms. The normalized spacial score (nSPS) is 12.1. The van der Waals surface area contributed by atoms with Gasteiger partial charge < -0.3 is 5.73 Å². The number of rotatable bonds is 5. The van der Waals surface area contributed by atoms with Crippen LogP contribution in [0.3, 0.4) is 0 Å². The minimum atomic E-state index is -3.41. The molecule has 1 aromatic carbocycles. The molecule has 96 valence electrons. The highest BCUT2D eigenvalue weighted by Gasteiger charge is 2.22. The van der Waals surface area contributed by atoms with Crippen LogP contribution in [0.15, 0.2) is 27.6 Å². The van der Waals surface area contributed by atoms with Gasteiger partial charge in [0.15, 0.2) is 0 Å². The first-order chi connectivity index (χ1) is 7.93. The summed E-state index contributed by atoms with van der Waals surface area (Å²) in [6.45, 7) is 2.84. The van der Waals surface area contributed by atoms with Crippen molar-refractivity contribution in [1.29, 1.82) is 0 Å². The van der Waals surface area contributed by atoms with Crippen molar-refractivity contribution < 1.29 is 8.42 Å². The van der Waals surface area contributed by atoms with E-state index >= 15 is 0 Å². The highest BCUT2D eigenvalue weighted by molar-refractivity contribution is 9.10. The summed E-state index contributed by atoms with van der Waals surface area (Å²) < 4.78 is 26.3. The molecule has 0 radical (unpaired) electrons. The van der Waals surface area contributed by atoms with E-state index in [2.05, 4.69) is 15.9 Å². The fourth-order valence-electron chi connectivity index (χ4n) is 1.48. The van der Waals surface area contributed by atoms with E-state index in [1.54, 1.807) is 25.2 Å². The minimum absolute atomic E-state index is 0.283. The smallest absolute Gasteiger partial charge is 0.243 e. The van der Waals surface area contributed by atoms with Crippen LogP contribution in [0.1, 0.15) is 18.9 Å². The molecule has 0 aliphatic heterocycles. The predicted octanol–water partition coefficient (Wildman–Crippen LogP) is 1.94. The summed E-state index contributed by atoms with van der Waals surface area (Å²) in [6, 6.07) is 5.07. The lowest BCUT2D eigenvalue weighted by Crippen LogP contribution is -2.28. The van der Waals surface area contributed by atoms with Crippen LogP contribution >= 0.6 is 15.9 Å².